The van der Waals surface area contributed by atoms with Gasteiger partial charge in [0.1, 0.15) is 11.8 Å². The number of benzene rings is 1. The highest BCUT2D eigenvalue weighted by atomic mass is 32.2. The molecule has 102 valence electrons. The van der Waals surface area contributed by atoms with Crippen LogP contribution in [0.2, 0.25) is 0 Å². The van der Waals surface area contributed by atoms with Crippen LogP contribution in [-0.2, 0) is 14.8 Å². The summed E-state index contributed by atoms with van der Waals surface area (Å²) in [6.45, 7) is 1.52. The van der Waals surface area contributed by atoms with Gasteiger partial charge in [0.25, 0.3) is 0 Å². The topological polar surface area (TPSA) is 79.6 Å². The first kappa shape index (κ1) is 13.8. The fourth-order valence-corrected chi connectivity index (χ4v) is 3.17. The fourth-order valence-electron chi connectivity index (χ4n) is 1.76. The fraction of sp³-hybridized carbons (Fsp3) is 0.417. The Morgan fingerprint density at radius 1 is 1.26 bits per heavy atom. The van der Waals surface area contributed by atoms with E-state index in [4.69, 9.17) is 14.7 Å². The average molecular weight is 282 g/mol. The average Bonchev–Trinajstić information content (AvgIpc) is 2.46. The number of hydrogen-bond donors (Lipinski definition) is 0. The van der Waals surface area contributed by atoms with Crippen LogP contribution in [0.4, 0.5) is 0 Å². The third kappa shape index (κ3) is 3.23. The summed E-state index contributed by atoms with van der Waals surface area (Å²) in [5.74, 6) is 0.475. The van der Waals surface area contributed by atoms with Crippen molar-refractivity contribution in [2.75, 3.05) is 32.9 Å². The van der Waals surface area contributed by atoms with Crippen molar-refractivity contribution in [2.24, 2.45) is 0 Å². The number of morpholine rings is 1. The van der Waals surface area contributed by atoms with Crippen LogP contribution in [0.25, 0.3) is 0 Å². The van der Waals surface area contributed by atoms with Crippen molar-refractivity contribution in [3.8, 4) is 11.8 Å². The van der Waals surface area contributed by atoms with Crippen molar-refractivity contribution < 1.29 is 17.9 Å². The molecule has 0 aromatic heterocycles. The highest BCUT2D eigenvalue weighted by Gasteiger charge is 2.26. The lowest BCUT2D eigenvalue weighted by molar-refractivity contribution is 0.0730. The van der Waals surface area contributed by atoms with Crippen LogP contribution in [0.5, 0.6) is 5.75 Å². The SMILES string of the molecule is N#CCOc1ccc(S(=O)(=O)N2CCOCC2)cc1. The van der Waals surface area contributed by atoms with Crippen LogP contribution in [0.3, 0.4) is 0 Å². The van der Waals surface area contributed by atoms with Gasteiger partial charge in [-0.2, -0.15) is 9.57 Å². The molecule has 0 radical (unpaired) electrons. The molecular formula is C12H14N2O4S. The van der Waals surface area contributed by atoms with Crippen molar-refractivity contribution in [2.45, 2.75) is 4.90 Å². The van der Waals surface area contributed by atoms with E-state index in [1.165, 1.54) is 16.4 Å². The minimum Gasteiger partial charge on any atom is -0.479 e. The molecule has 0 aliphatic carbocycles. The van der Waals surface area contributed by atoms with Crippen molar-refractivity contribution >= 4 is 10.0 Å². The molecule has 1 saturated heterocycles. The van der Waals surface area contributed by atoms with E-state index in [1.807, 2.05) is 6.07 Å². The molecule has 0 amide bonds. The Morgan fingerprint density at radius 2 is 1.89 bits per heavy atom. The van der Waals surface area contributed by atoms with Crippen LogP contribution in [0.15, 0.2) is 29.2 Å². The van der Waals surface area contributed by atoms with E-state index in [2.05, 4.69) is 0 Å². The summed E-state index contributed by atoms with van der Waals surface area (Å²) >= 11 is 0. The van der Waals surface area contributed by atoms with Crippen LogP contribution in [0, 0.1) is 11.3 Å². The molecule has 0 atom stereocenters. The molecule has 0 spiro atoms. The molecule has 1 fully saturated rings. The molecule has 1 aromatic rings. The Morgan fingerprint density at radius 3 is 2.47 bits per heavy atom. The number of nitriles is 1. The first-order valence-electron chi connectivity index (χ1n) is 5.82. The number of rotatable bonds is 4. The second-order valence-corrected chi connectivity index (χ2v) is 5.87. The molecule has 0 unspecified atom stereocenters. The van der Waals surface area contributed by atoms with Gasteiger partial charge in [-0.15, -0.1) is 0 Å². The summed E-state index contributed by atoms with van der Waals surface area (Å²) in [5.41, 5.74) is 0. The number of hydrogen-bond acceptors (Lipinski definition) is 5. The molecular weight excluding hydrogens is 268 g/mol. The Labute approximate surface area is 112 Å². The van der Waals surface area contributed by atoms with Gasteiger partial charge in [0.2, 0.25) is 10.0 Å². The first-order valence-corrected chi connectivity index (χ1v) is 7.26. The molecule has 0 saturated carbocycles. The Kier molecular flexibility index (Phi) is 4.37. The first-order chi connectivity index (χ1) is 9.14. The summed E-state index contributed by atoms with van der Waals surface area (Å²) in [6, 6.07) is 7.91. The standard InChI is InChI=1S/C12H14N2O4S/c13-5-8-18-11-1-3-12(4-2-11)19(15,16)14-6-9-17-10-7-14/h1-4H,6-10H2. The van der Waals surface area contributed by atoms with Gasteiger partial charge in [0.15, 0.2) is 6.61 Å². The normalized spacial score (nSPS) is 16.8. The molecule has 1 aromatic carbocycles. The summed E-state index contributed by atoms with van der Waals surface area (Å²) in [4.78, 5) is 0.221. The second kappa shape index (κ2) is 6.02. The third-order valence-electron chi connectivity index (χ3n) is 2.73. The Balaban J connectivity index is 2.14. The highest BCUT2D eigenvalue weighted by Crippen LogP contribution is 2.20. The van der Waals surface area contributed by atoms with Crippen LogP contribution in [-0.4, -0.2) is 45.6 Å². The molecule has 0 N–H and O–H groups in total. The molecule has 19 heavy (non-hydrogen) atoms. The molecule has 1 aliphatic heterocycles. The predicted octanol–water partition coefficient (Wildman–Crippen LogP) is 0.610. The van der Waals surface area contributed by atoms with Crippen LogP contribution < -0.4 is 4.74 Å². The van der Waals surface area contributed by atoms with Gasteiger partial charge in [-0.05, 0) is 24.3 Å². The van der Waals surface area contributed by atoms with E-state index in [0.717, 1.165) is 0 Å². The van der Waals surface area contributed by atoms with Gasteiger partial charge in [0.05, 0.1) is 18.1 Å². The zero-order chi connectivity index (χ0) is 13.7. The van der Waals surface area contributed by atoms with E-state index < -0.39 is 10.0 Å². The summed E-state index contributed by atoms with van der Waals surface area (Å²) in [7, 11) is -3.47. The largest absolute Gasteiger partial charge is 0.479 e. The molecule has 1 aliphatic rings. The third-order valence-corrected chi connectivity index (χ3v) is 4.65. The lowest BCUT2D eigenvalue weighted by Crippen LogP contribution is -2.40. The Bertz CT molecular complexity index is 556. The molecule has 7 heteroatoms. The predicted molar refractivity (Wildman–Crippen MR) is 67.1 cm³/mol. The molecule has 6 nitrogen and oxygen atoms in total. The van der Waals surface area contributed by atoms with E-state index in [9.17, 15) is 8.42 Å². The van der Waals surface area contributed by atoms with E-state index >= 15 is 0 Å². The minimum absolute atomic E-state index is 0.0600. The minimum atomic E-state index is -3.47. The maximum absolute atomic E-state index is 12.3. The summed E-state index contributed by atoms with van der Waals surface area (Å²) in [6.07, 6.45) is 0. The van der Waals surface area contributed by atoms with Crippen molar-refractivity contribution in [3.63, 3.8) is 0 Å². The van der Waals surface area contributed by atoms with Gasteiger partial charge in [-0.3, -0.25) is 0 Å². The van der Waals surface area contributed by atoms with E-state index in [1.54, 1.807) is 12.1 Å². The molecule has 0 bridgehead atoms. The number of nitrogens with zero attached hydrogens (tertiary/aromatic N) is 2. The zero-order valence-electron chi connectivity index (χ0n) is 10.3. The quantitative estimate of drug-likeness (QED) is 0.808. The van der Waals surface area contributed by atoms with Gasteiger partial charge in [-0.1, -0.05) is 0 Å². The zero-order valence-corrected chi connectivity index (χ0v) is 11.1. The molecule has 2 rings (SSSR count). The lowest BCUT2D eigenvalue weighted by atomic mass is 10.3. The number of sulfonamides is 1. The van der Waals surface area contributed by atoms with Crippen LogP contribution >= 0.6 is 0 Å². The van der Waals surface area contributed by atoms with Crippen LogP contribution in [0.1, 0.15) is 0 Å². The van der Waals surface area contributed by atoms with Crippen molar-refractivity contribution in [1.29, 1.82) is 5.26 Å². The highest BCUT2D eigenvalue weighted by molar-refractivity contribution is 7.89. The summed E-state index contributed by atoms with van der Waals surface area (Å²) < 4.78 is 36.2. The van der Waals surface area contributed by atoms with Gasteiger partial charge < -0.3 is 9.47 Å². The lowest BCUT2D eigenvalue weighted by Gasteiger charge is -2.26. The van der Waals surface area contributed by atoms with Crippen molar-refractivity contribution in [1.82, 2.24) is 4.31 Å². The van der Waals surface area contributed by atoms with Crippen molar-refractivity contribution in [3.05, 3.63) is 24.3 Å². The van der Waals surface area contributed by atoms with E-state index in [-0.39, 0.29) is 11.5 Å². The van der Waals surface area contributed by atoms with Gasteiger partial charge in [-0.25, -0.2) is 8.42 Å². The maximum Gasteiger partial charge on any atom is 0.243 e. The van der Waals surface area contributed by atoms with E-state index in [0.29, 0.717) is 32.1 Å². The molecule has 1 heterocycles. The van der Waals surface area contributed by atoms with Gasteiger partial charge >= 0.3 is 0 Å². The maximum atomic E-state index is 12.3. The van der Waals surface area contributed by atoms with Gasteiger partial charge in [0, 0.05) is 13.1 Å². The summed E-state index contributed by atoms with van der Waals surface area (Å²) in [5, 5.41) is 8.39. The number of ether oxygens (including phenoxy) is 2. The Hall–Kier alpha value is -1.62. The second-order valence-electron chi connectivity index (χ2n) is 3.93. The smallest absolute Gasteiger partial charge is 0.243 e. The monoisotopic (exact) mass is 282 g/mol.